The Bertz CT molecular complexity index is 368. The molecule has 0 spiro atoms. The number of hydrogen-bond donors (Lipinski definition) is 0. The van der Waals surface area contributed by atoms with Crippen molar-refractivity contribution in [1.29, 1.82) is 0 Å². The first kappa shape index (κ1) is 16.9. The highest BCUT2D eigenvalue weighted by molar-refractivity contribution is 7.68. The molecule has 0 bridgehead atoms. The van der Waals surface area contributed by atoms with Gasteiger partial charge >= 0.3 is 0 Å². The van der Waals surface area contributed by atoms with Gasteiger partial charge in [0, 0.05) is 48.2 Å². The van der Waals surface area contributed by atoms with Crippen molar-refractivity contribution in [3.8, 4) is 0 Å². The summed E-state index contributed by atoms with van der Waals surface area (Å²) in [6.45, 7) is 0. The molecule has 0 atom stereocenters. The Morgan fingerprint density at radius 2 is 1.16 bits per heavy atom. The molecule has 0 heterocycles. The van der Waals surface area contributed by atoms with E-state index in [2.05, 4.69) is 80.6 Å². The van der Waals surface area contributed by atoms with Gasteiger partial charge in [-0.3, -0.25) is 0 Å². The van der Waals surface area contributed by atoms with Crippen molar-refractivity contribution in [2.24, 2.45) is 0 Å². The zero-order valence-corrected chi connectivity index (χ0v) is 14.5. The van der Waals surface area contributed by atoms with Crippen molar-refractivity contribution in [3.05, 3.63) is 35.4 Å². The number of alkyl halides is 1. The van der Waals surface area contributed by atoms with Crippen LogP contribution in [-0.2, 0) is 12.0 Å². The highest BCUT2D eigenvalue weighted by atomic mass is 35.5. The summed E-state index contributed by atoms with van der Waals surface area (Å²) in [4.78, 5) is 0. The summed E-state index contributed by atoms with van der Waals surface area (Å²) in [7, 11) is 11.5. The normalized spacial score (nSPS) is 12.7. The van der Waals surface area contributed by atoms with Gasteiger partial charge in [0.25, 0.3) is 0 Å². The molecule has 1 aromatic rings. The minimum atomic E-state index is -1.49. The first-order chi connectivity index (χ1) is 8.84. The quantitative estimate of drug-likeness (QED) is 0.589. The summed E-state index contributed by atoms with van der Waals surface area (Å²) >= 11 is 5.85. The molecule has 0 radical (unpaired) electrons. The third-order valence-corrected chi connectivity index (χ3v) is 8.44. The zero-order valence-electron chi connectivity index (χ0n) is 12.9. The fourth-order valence-corrected chi connectivity index (χ4v) is 6.35. The van der Waals surface area contributed by atoms with E-state index in [1.54, 1.807) is 0 Å². The smallest absolute Gasteiger partial charge is 0.154 e. The van der Waals surface area contributed by atoms with Gasteiger partial charge in [-0.1, -0.05) is 24.3 Å². The lowest BCUT2D eigenvalue weighted by Crippen LogP contribution is -2.37. The van der Waals surface area contributed by atoms with Crippen LogP contribution in [0, 0.1) is 0 Å². The second-order valence-corrected chi connectivity index (χ2v) is 9.71. The van der Waals surface area contributed by atoms with Gasteiger partial charge in [-0.2, -0.15) is 14.0 Å². The first-order valence-corrected chi connectivity index (χ1v) is 8.76. The Hall–Kier alpha value is -0.180. The molecule has 108 valence electrons. The molecular weight excluding hydrogens is 277 g/mol. The standard InChI is InChI=1S/C14H26ClN3P/c1-16(2)19(17(3)4,18(5)6)12-14-9-7-13(11-15)8-10-14/h7-10H,11-12H2,1-6H3/q+1. The maximum absolute atomic E-state index is 5.85. The van der Waals surface area contributed by atoms with E-state index in [1.807, 2.05) is 0 Å². The number of halogens is 1. The maximum Gasteiger partial charge on any atom is 0.230 e. The number of rotatable bonds is 6. The van der Waals surface area contributed by atoms with Gasteiger partial charge in [0.05, 0.1) is 0 Å². The van der Waals surface area contributed by atoms with Crippen LogP contribution in [0.2, 0.25) is 0 Å². The fourth-order valence-electron chi connectivity index (χ4n) is 2.48. The van der Waals surface area contributed by atoms with Crippen molar-refractivity contribution in [1.82, 2.24) is 14.0 Å². The van der Waals surface area contributed by atoms with Crippen molar-refractivity contribution in [2.75, 3.05) is 42.3 Å². The molecule has 0 N–H and O–H groups in total. The van der Waals surface area contributed by atoms with Gasteiger partial charge in [-0.25, -0.2) is 0 Å². The van der Waals surface area contributed by atoms with Crippen LogP contribution in [0.25, 0.3) is 0 Å². The Balaban J connectivity index is 3.06. The van der Waals surface area contributed by atoms with E-state index >= 15 is 0 Å². The monoisotopic (exact) mass is 302 g/mol. The molecule has 1 rings (SSSR count). The van der Waals surface area contributed by atoms with E-state index in [-0.39, 0.29) is 0 Å². The van der Waals surface area contributed by atoms with E-state index < -0.39 is 7.71 Å². The predicted octanol–water partition coefficient (Wildman–Crippen LogP) is 3.37. The number of benzene rings is 1. The molecule has 0 aromatic heterocycles. The van der Waals surface area contributed by atoms with Crippen molar-refractivity contribution in [3.63, 3.8) is 0 Å². The minimum Gasteiger partial charge on any atom is -0.154 e. The largest absolute Gasteiger partial charge is 0.230 e. The molecule has 0 unspecified atom stereocenters. The highest BCUT2D eigenvalue weighted by Crippen LogP contribution is 2.65. The van der Waals surface area contributed by atoms with E-state index in [9.17, 15) is 0 Å². The lowest BCUT2D eigenvalue weighted by Gasteiger charge is -2.40. The van der Waals surface area contributed by atoms with Crippen LogP contribution >= 0.6 is 19.3 Å². The summed E-state index contributed by atoms with van der Waals surface area (Å²) in [6, 6.07) is 8.64. The maximum atomic E-state index is 5.85. The fraction of sp³-hybridized carbons (Fsp3) is 0.571. The SMILES string of the molecule is CN(C)[P+](Cc1ccc(CCl)cc1)(N(C)C)N(C)C. The summed E-state index contributed by atoms with van der Waals surface area (Å²) in [6.07, 6.45) is 1.04. The van der Waals surface area contributed by atoms with Gasteiger partial charge in [0.1, 0.15) is 6.16 Å². The number of hydrogen-bond acceptors (Lipinski definition) is 3. The molecule has 0 amide bonds. The second-order valence-electron chi connectivity index (χ2n) is 5.34. The molecule has 0 aliphatic heterocycles. The van der Waals surface area contributed by atoms with E-state index in [0.29, 0.717) is 5.88 Å². The Morgan fingerprint density at radius 1 is 0.789 bits per heavy atom. The van der Waals surface area contributed by atoms with Crippen LogP contribution in [0.5, 0.6) is 0 Å². The minimum absolute atomic E-state index is 0.579. The third kappa shape index (κ3) is 3.68. The Labute approximate surface area is 123 Å². The molecular formula is C14H26ClN3P+. The number of nitrogens with zero attached hydrogens (tertiary/aromatic N) is 3. The summed E-state index contributed by atoms with van der Waals surface area (Å²) in [5, 5.41) is 0. The lowest BCUT2D eigenvalue weighted by atomic mass is 10.2. The Morgan fingerprint density at radius 3 is 1.47 bits per heavy atom. The molecule has 0 saturated carbocycles. The van der Waals surface area contributed by atoms with E-state index in [0.717, 1.165) is 6.16 Å². The predicted molar refractivity (Wildman–Crippen MR) is 87.7 cm³/mol. The Kier molecular flexibility index (Phi) is 6.22. The van der Waals surface area contributed by atoms with Crippen molar-refractivity contribution in [2.45, 2.75) is 12.0 Å². The molecule has 5 heteroatoms. The van der Waals surface area contributed by atoms with Gasteiger partial charge in [-0.05, 0) is 11.1 Å². The summed E-state index contributed by atoms with van der Waals surface area (Å²) in [5.74, 6) is 0.579. The summed E-state index contributed by atoms with van der Waals surface area (Å²) < 4.78 is 7.09. The third-order valence-electron chi connectivity index (χ3n) is 3.49. The average molecular weight is 303 g/mol. The van der Waals surface area contributed by atoms with Gasteiger partial charge in [0.15, 0.2) is 0 Å². The van der Waals surface area contributed by atoms with E-state index in [1.165, 1.54) is 11.1 Å². The van der Waals surface area contributed by atoms with Crippen molar-refractivity contribution >= 4 is 19.3 Å². The molecule has 3 nitrogen and oxygen atoms in total. The topological polar surface area (TPSA) is 9.72 Å². The second kappa shape index (κ2) is 7.01. The van der Waals surface area contributed by atoms with Crippen LogP contribution < -0.4 is 0 Å². The van der Waals surface area contributed by atoms with Crippen LogP contribution in [0.4, 0.5) is 0 Å². The molecule has 0 fully saturated rings. The lowest BCUT2D eigenvalue weighted by molar-refractivity contribution is 0.457. The molecule has 1 aromatic carbocycles. The highest BCUT2D eigenvalue weighted by Gasteiger charge is 2.47. The van der Waals surface area contributed by atoms with Crippen molar-refractivity contribution < 1.29 is 0 Å². The van der Waals surface area contributed by atoms with Crippen LogP contribution in [0.3, 0.4) is 0 Å². The van der Waals surface area contributed by atoms with E-state index in [4.69, 9.17) is 11.6 Å². The molecule has 19 heavy (non-hydrogen) atoms. The van der Waals surface area contributed by atoms with Crippen LogP contribution in [0.1, 0.15) is 11.1 Å². The van der Waals surface area contributed by atoms with Crippen LogP contribution in [-0.4, -0.2) is 56.3 Å². The summed E-state index contributed by atoms with van der Waals surface area (Å²) in [5.41, 5.74) is 2.53. The molecule has 0 aliphatic rings. The van der Waals surface area contributed by atoms with Gasteiger partial charge in [-0.15, -0.1) is 11.6 Å². The first-order valence-electron chi connectivity index (χ1n) is 6.40. The zero-order chi connectivity index (χ0) is 14.6. The average Bonchev–Trinajstić information content (AvgIpc) is 2.35. The molecule has 0 aliphatic carbocycles. The molecule has 0 saturated heterocycles. The van der Waals surface area contributed by atoms with Gasteiger partial charge in [0.2, 0.25) is 7.71 Å². The van der Waals surface area contributed by atoms with Gasteiger partial charge < -0.3 is 0 Å². The van der Waals surface area contributed by atoms with Crippen LogP contribution in [0.15, 0.2) is 24.3 Å².